The van der Waals surface area contributed by atoms with Gasteiger partial charge in [0.25, 0.3) is 5.91 Å². The number of halogens is 1. The van der Waals surface area contributed by atoms with Crippen molar-refractivity contribution < 1.29 is 23.9 Å². The highest BCUT2D eigenvalue weighted by Crippen LogP contribution is 2.48. The molecular formula is C29H29ClN2O5. The largest absolute Gasteiger partial charge is 0.490 e. The van der Waals surface area contributed by atoms with Gasteiger partial charge in [-0.25, -0.2) is 9.96 Å². The van der Waals surface area contributed by atoms with E-state index in [4.69, 9.17) is 25.9 Å². The normalized spacial score (nSPS) is 20.9. The van der Waals surface area contributed by atoms with Gasteiger partial charge in [0.05, 0.1) is 30.6 Å². The number of rotatable bonds is 9. The molecule has 2 fully saturated rings. The standard InChI is InChI=1S/C29H29ClN2O5/c1-3-5-16-36-23-15-14-19(17-24(23)35-4-2)26-25-27(37-32(26)21-11-7-6-8-12-21)29(34)31(28(25)33)22-13-9-10-20(30)18-22/h6-15,17-18,25-27H,3-5,16H2,1-2H3/t25-,26-,27+/m1/s1. The van der Waals surface area contributed by atoms with Crippen LogP contribution in [0.25, 0.3) is 0 Å². The first-order valence-electron chi connectivity index (χ1n) is 12.6. The topological polar surface area (TPSA) is 68.3 Å². The van der Waals surface area contributed by atoms with E-state index in [9.17, 15) is 9.59 Å². The number of fused-ring (bicyclic) bond motifs is 1. The molecule has 8 heteroatoms. The van der Waals surface area contributed by atoms with Crippen molar-refractivity contribution in [1.82, 2.24) is 0 Å². The van der Waals surface area contributed by atoms with Crippen LogP contribution in [0.1, 0.15) is 38.3 Å². The summed E-state index contributed by atoms with van der Waals surface area (Å²) in [6.07, 6.45) is 0.994. The Morgan fingerprint density at radius 1 is 0.865 bits per heavy atom. The van der Waals surface area contributed by atoms with Crippen molar-refractivity contribution in [2.24, 2.45) is 5.92 Å². The summed E-state index contributed by atoms with van der Waals surface area (Å²) in [5.74, 6) is -0.258. The second kappa shape index (κ2) is 10.8. The number of nitrogens with zero attached hydrogens (tertiary/aromatic N) is 2. The number of benzene rings is 3. The molecule has 0 aliphatic carbocycles. The van der Waals surface area contributed by atoms with Crippen LogP contribution in [0.15, 0.2) is 72.8 Å². The van der Waals surface area contributed by atoms with Gasteiger partial charge in [0.2, 0.25) is 5.91 Å². The van der Waals surface area contributed by atoms with E-state index in [2.05, 4.69) is 6.92 Å². The molecule has 3 atom stereocenters. The fourth-order valence-corrected chi connectivity index (χ4v) is 5.03. The Bertz CT molecular complexity index is 1280. The number of ether oxygens (including phenoxy) is 2. The molecule has 2 amide bonds. The third-order valence-corrected chi connectivity index (χ3v) is 6.79. The molecule has 3 aromatic rings. The van der Waals surface area contributed by atoms with Gasteiger partial charge in [0.1, 0.15) is 5.92 Å². The monoisotopic (exact) mass is 520 g/mol. The van der Waals surface area contributed by atoms with Crippen molar-refractivity contribution in [2.75, 3.05) is 23.2 Å². The number of unbranched alkanes of at least 4 members (excludes halogenated alkanes) is 1. The number of hydroxylamine groups is 1. The fourth-order valence-electron chi connectivity index (χ4n) is 4.84. The van der Waals surface area contributed by atoms with Crippen LogP contribution in [0.4, 0.5) is 11.4 Å². The Kier molecular flexibility index (Phi) is 7.35. The van der Waals surface area contributed by atoms with E-state index < -0.39 is 24.0 Å². The van der Waals surface area contributed by atoms with Gasteiger partial charge in [0.15, 0.2) is 17.6 Å². The van der Waals surface area contributed by atoms with Gasteiger partial charge >= 0.3 is 0 Å². The molecular weight excluding hydrogens is 492 g/mol. The van der Waals surface area contributed by atoms with E-state index >= 15 is 0 Å². The van der Waals surface area contributed by atoms with Crippen molar-refractivity contribution in [2.45, 2.75) is 38.8 Å². The minimum Gasteiger partial charge on any atom is -0.490 e. The Morgan fingerprint density at radius 2 is 1.65 bits per heavy atom. The summed E-state index contributed by atoms with van der Waals surface area (Å²) in [5, 5.41) is 2.11. The van der Waals surface area contributed by atoms with Crippen LogP contribution in [0.3, 0.4) is 0 Å². The van der Waals surface area contributed by atoms with Crippen LogP contribution in [-0.4, -0.2) is 31.1 Å². The first kappa shape index (κ1) is 25.1. The molecule has 192 valence electrons. The first-order valence-corrected chi connectivity index (χ1v) is 12.9. The Balaban J connectivity index is 1.55. The van der Waals surface area contributed by atoms with Gasteiger partial charge < -0.3 is 9.47 Å². The van der Waals surface area contributed by atoms with Crippen LogP contribution >= 0.6 is 11.6 Å². The second-order valence-corrected chi connectivity index (χ2v) is 9.43. The summed E-state index contributed by atoms with van der Waals surface area (Å²) >= 11 is 6.16. The van der Waals surface area contributed by atoms with Crippen LogP contribution < -0.4 is 19.4 Å². The van der Waals surface area contributed by atoms with Crippen molar-refractivity contribution in [3.05, 3.63) is 83.4 Å². The third-order valence-electron chi connectivity index (χ3n) is 6.56. The summed E-state index contributed by atoms with van der Waals surface area (Å²) in [7, 11) is 0. The zero-order valence-electron chi connectivity index (χ0n) is 20.8. The molecule has 0 radical (unpaired) electrons. The van der Waals surface area contributed by atoms with E-state index in [0.717, 1.165) is 24.1 Å². The minimum atomic E-state index is -0.965. The van der Waals surface area contributed by atoms with Crippen molar-refractivity contribution in [3.63, 3.8) is 0 Å². The summed E-state index contributed by atoms with van der Waals surface area (Å²) in [6, 6.07) is 21.3. The van der Waals surface area contributed by atoms with Crippen molar-refractivity contribution in [1.29, 1.82) is 0 Å². The quantitative estimate of drug-likeness (QED) is 0.256. The summed E-state index contributed by atoms with van der Waals surface area (Å²) in [5.41, 5.74) is 1.97. The molecule has 0 unspecified atom stereocenters. The molecule has 37 heavy (non-hydrogen) atoms. The van der Waals surface area contributed by atoms with Gasteiger partial charge in [-0.3, -0.25) is 14.4 Å². The van der Waals surface area contributed by atoms with Gasteiger partial charge in [-0.05, 0) is 61.4 Å². The molecule has 3 aromatic carbocycles. The fraction of sp³-hybridized carbons (Fsp3) is 0.310. The van der Waals surface area contributed by atoms with Crippen LogP contribution in [-0.2, 0) is 14.4 Å². The number of hydrogen-bond acceptors (Lipinski definition) is 6. The Hall–Kier alpha value is -3.55. The lowest BCUT2D eigenvalue weighted by atomic mass is 9.90. The zero-order chi connectivity index (χ0) is 25.9. The zero-order valence-corrected chi connectivity index (χ0v) is 21.6. The van der Waals surface area contributed by atoms with Gasteiger partial charge in [-0.1, -0.05) is 55.3 Å². The predicted molar refractivity (Wildman–Crippen MR) is 142 cm³/mol. The van der Waals surface area contributed by atoms with E-state index in [1.807, 2.05) is 55.5 Å². The number of hydrogen-bond donors (Lipinski definition) is 0. The lowest BCUT2D eigenvalue weighted by Crippen LogP contribution is -2.37. The molecule has 0 aromatic heterocycles. The maximum Gasteiger partial charge on any atom is 0.266 e. The third kappa shape index (κ3) is 4.77. The minimum absolute atomic E-state index is 0.332. The molecule has 5 rings (SSSR count). The average Bonchev–Trinajstić information content (AvgIpc) is 3.41. The smallest absolute Gasteiger partial charge is 0.266 e. The van der Waals surface area contributed by atoms with Crippen LogP contribution in [0.2, 0.25) is 5.02 Å². The summed E-state index contributed by atoms with van der Waals surface area (Å²) in [6.45, 7) is 5.07. The molecule has 2 heterocycles. The second-order valence-electron chi connectivity index (χ2n) is 8.99. The van der Waals surface area contributed by atoms with E-state index in [1.54, 1.807) is 29.3 Å². The average molecular weight is 521 g/mol. The Labute approximate surface area is 221 Å². The highest BCUT2D eigenvalue weighted by Gasteiger charge is 2.60. The molecule has 0 saturated carbocycles. The predicted octanol–water partition coefficient (Wildman–Crippen LogP) is 5.97. The highest BCUT2D eigenvalue weighted by molar-refractivity contribution is 6.31. The van der Waals surface area contributed by atoms with Crippen molar-refractivity contribution >= 4 is 34.8 Å². The van der Waals surface area contributed by atoms with Gasteiger partial charge in [-0.15, -0.1) is 0 Å². The first-order chi connectivity index (χ1) is 18.0. The highest BCUT2D eigenvalue weighted by atomic mass is 35.5. The lowest BCUT2D eigenvalue weighted by Gasteiger charge is -2.29. The lowest BCUT2D eigenvalue weighted by molar-refractivity contribution is -0.126. The maximum absolute atomic E-state index is 13.8. The summed E-state index contributed by atoms with van der Waals surface area (Å²) < 4.78 is 11.9. The number of amides is 2. The molecule has 2 aliphatic heterocycles. The number of anilines is 2. The number of imide groups is 1. The Morgan fingerprint density at radius 3 is 2.38 bits per heavy atom. The molecule has 2 aliphatic rings. The van der Waals surface area contributed by atoms with E-state index in [-0.39, 0.29) is 5.91 Å². The SMILES string of the molecule is CCCCOc1ccc([C@@H]2[C@H]3C(=O)N(c4cccc(Cl)c4)C(=O)[C@H]3ON2c2ccccc2)cc1OCC. The molecule has 2 saturated heterocycles. The molecule has 7 nitrogen and oxygen atoms in total. The molecule has 0 bridgehead atoms. The summed E-state index contributed by atoms with van der Waals surface area (Å²) in [4.78, 5) is 34.7. The van der Waals surface area contributed by atoms with Gasteiger partial charge in [-0.2, -0.15) is 0 Å². The van der Waals surface area contributed by atoms with Gasteiger partial charge in [0, 0.05) is 5.02 Å². The number of carbonyl (C=O) groups excluding carboxylic acids is 2. The van der Waals surface area contributed by atoms with Crippen molar-refractivity contribution in [3.8, 4) is 11.5 Å². The van der Waals surface area contributed by atoms with E-state index in [1.165, 1.54) is 4.90 Å². The van der Waals surface area contributed by atoms with E-state index in [0.29, 0.717) is 35.4 Å². The maximum atomic E-state index is 13.8. The number of carbonyl (C=O) groups is 2. The van der Waals surface area contributed by atoms with Crippen LogP contribution in [0.5, 0.6) is 11.5 Å². The number of para-hydroxylation sites is 1. The molecule has 0 spiro atoms. The van der Waals surface area contributed by atoms with Crippen LogP contribution in [0, 0.1) is 5.92 Å². The molecule has 0 N–H and O–H groups in total.